The zero-order valence-corrected chi connectivity index (χ0v) is 7.70. The van der Waals surface area contributed by atoms with Gasteiger partial charge in [0.2, 0.25) is 0 Å². The molecule has 2 nitrogen and oxygen atoms in total. The van der Waals surface area contributed by atoms with E-state index in [4.69, 9.17) is 11.5 Å². The van der Waals surface area contributed by atoms with Crippen LogP contribution in [0.3, 0.4) is 0 Å². The summed E-state index contributed by atoms with van der Waals surface area (Å²) in [5.41, 5.74) is 1.98. The molecular formula is C11H13NO. The van der Waals surface area contributed by atoms with Gasteiger partial charge in [0, 0.05) is 12.7 Å². The Hall–Kier alpha value is -1.46. The molecule has 0 unspecified atom stereocenters. The van der Waals surface area contributed by atoms with Crippen molar-refractivity contribution in [2.75, 3.05) is 18.5 Å². The minimum Gasteiger partial charge on any atom is -0.392 e. The normalized spacial score (nSPS) is 9.31. The van der Waals surface area contributed by atoms with E-state index in [2.05, 4.69) is 5.92 Å². The number of aliphatic hydroxyl groups is 1. The number of benzene rings is 1. The van der Waals surface area contributed by atoms with E-state index >= 15 is 0 Å². The predicted molar refractivity (Wildman–Crippen MR) is 54.5 cm³/mol. The van der Waals surface area contributed by atoms with Gasteiger partial charge in [0.25, 0.3) is 0 Å². The molecule has 0 fully saturated rings. The number of hydrogen-bond donors (Lipinski definition) is 1. The van der Waals surface area contributed by atoms with Gasteiger partial charge < -0.3 is 10.0 Å². The first-order chi connectivity index (χ1) is 6.27. The Balaban J connectivity index is 2.74. The van der Waals surface area contributed by atoms with Gasteiger partial charge in [0.05, 0.1) is 13.2 Å². The van der Waals surface area contributed by atoms with Crippen LogP contribution in [0.15, 0.2) is 24.3 Å². The molecule has 0 amide bonds. The lowest BCUT2D eigenvalue weighted by Crippen LogP contribution is -2.16. The van der Waals surface area contributed by atoms with E-state index in [0.717, 1.165) is 11.3 Å². The maximum Gasteiger partial charge on any atom is 0.0788 e. The molecule has 0 bridgehead atoms. The van der Waals surface area contributed by atoms with Crippen molar-refractivity contribution in [1.29, 1.82) is 0 Å². The lowest BCUT2D eigenvalue weighted by Gasteiger charge is -2.15. The molecule has 0 spiro atoms. The molecule has 1 aromatic carbocycles. The third-order valence-corrected chi connectivity index (χ3v) is 1.89. The maximum absolute atomic E-state index is 8.82. The standard InChI is InChI=1S/C11H13NO/c1-3-8-12(2)11-6-4-10(9-13)5-7-11/h1,4-7,13H,8-9H2,2H3. The largest absolute Gasteiger partial charge is 0.392 e. The van der Waals surface area contributed by atoms with Gasteiger partial charge in [-0.05, 0) is 17.7 Å². The SMILES string of the molecule is C#CCN(C)c1ccc(CO)cc1. The van der Waals surface area contributed by atoms with E-state index in [9.17, 15) is 0 Å². The second-order valence-corrected chi connectivity index (χ2v) is 2.88. The molecule has 0 radical (unpaired) electrons. The average molecular weight is 175 g/mol. The first kappa shape index (κ1) is 9.63. The average Bonchev–Trinajstić information content (AvgIpc) is 2.18. The molecule has 0 atom stereocenters. The van der Waals surface area contributed by atoms with Crippen LogP contribution in [0, 0.1) is 12.3 Å². The number of hydrogen-bond acceptors (Lipinski definition) is 2. The topological polar surface area (TPSA) is 23.5 Å². The van der Waals surface area contributed by atoms with E-state index in [-0.39, 0.29) is 6.61 Å². The molecule has 2 heteroatoms. The Morgan fingerprint density at radius 3 is 2.46 bits per heavy atom. The Labute approximate surface area is 78.8 Å². The molecule has 0 heterocycles. The number of rotatable bonds is 3. The molecule has 0 aliphatic heterocycles. The van der Waals surface area contributed by atoms with Crippen LogP contribution in [0.4, 0.5) is 5.69 Å². The quantitative estimate of drug-likeness (QED) is 0.699. The highest BCUT2D eigenvalue weighted by Crippen LogP contribution is 2.12. The van der Waals surface area contributed by atoms with Crippen molar-refractivity contribution in [2.45, 2.75) is 6.61 Å². The van der Waals surface area contributed by atoms with Gasteiger partial charge in [-0.1, -0.05) is 18.1 Å². The number of aliphatic hydroxyl groups excluding tert-OH is 1. The zero-order chi connectivity index (χ0) is 9.68. The third-order valence-electron chi connectivity index (χ3n) is 1.89. The van der Waals surface area contributed by atoms with Gasteiger partial charge in [0.1, 0.15) is 0 Å². The summed E-state index contributed by atoms with van der Waals surface area (Å²) in [6.45, 7) is 0.678. The van der Waals surface area contributed by atoms with Crippen molar-refractivity contribution in [3.8, 4) is 12.3 Å². The molecule has 1 rings (SSSR count). The number of nitrogens with zero attached hydrogens (tertiary/aromatic N) is 1. The fourth-order valence-corrected chi connectivity index (χ4v) is 1.08. The highest BCUT2D eigenvalue weighted by Gasteiger charge is 1.97. The highest BCUT2D eigenvalue weighted by molar-refractivity contribution is 5.47. The van der Waals surface area contributed by atoms with Crippen LogP contribution < -0.4 is 4.90 Å². The van der Waals surface area contributed by atoms with Crippen molar-refractivity contribution in [1.82, 2.24) is 0 Å². The molecular weight excluding hydrogens is 162 g/mol. The van der Waals surface area contributed by atoms with E-state index in [1.165, 1.54) is 0 Å². The van der Waals surface area contributed by atoms with E-state index in [1.807, 2.05) is 36.2 Å². The van der Waals surface area contributed by atoms with Crippen LogP contribution in [-0.4, -0.2) is 18.7 Å². The maximum atomic E-state index is 8.82. The van der Waals surface area contributed by atoms with Crippen molar-refractivity contribution in [2.24, 2.45) is 0 Å². The second kappa shape index (κ2) is 4.54. The summed E-state index contributed by atoms with van der Waals surface area (Å²) in [5.74, 6) is 2.57. The molecule has 1 aromatic rings. The van der Waals surface area contributed by atoms with Gasteiger partial charge >= 0.3 is 0 Å². The van der Waals surface area contributed by atoms with Crippen molar-refractivity contribution >= 4 is 5.69 Å². The van der Waals surface area contributed by atoms with E-state index in [0.29, 0.717) is 6.54 Å². The molecule has 0 aliphatic carbocycles. The third kappa shape index (κ3) is 2.50. The van der Waals surface area contributed by atoms with Crippen LogP contribution in [0.1, 0.15) is 5.56 Å². The van der Waals surface area contributed by atoms with E-state index in [1.54, 1.807) is 0 Å². The minimum atomic E-state index is 0.0825. The molecule has 0 aliphatic rings. The van der Waals surface area contributed by atoms with Crippen molar-refractivity contribution in [3.63, 3.8) is 0 Å². The molecule has 1 N–H and O–H groups in total. The summed E-state index contributed by atoms with van der Waals surface area (Å²) in [6, 6.07) is 7.68. The van der Waals surface area contributed by atoms with Gasteiger partial charge in [-0.3, -0.25) is 0 Å². The summed E-state index contributed by atoms with van der Waals surface area (Å²) in [4.78, 5) is 1.97. The van der Waals surface area contributed by atoms with Crippen molar-refractivity contribution in [3.05, 3.63) is 29.8 Å². The Bertz CT molecular complexity index is 297. The van der Waals surface area contributed by atoms with Crippen LogP contribution in [0.25, 0.3) is 0 Å². The summed E-state index contributed by atoms with van der Waals surface area (Å²) in [6.07, 6.45) is 5.19. The van der Waals surface area contributed by atoms with Crippen molar-refractivity contribution < 1.29 is 5.11 Å². The van der Waals surface area contributed by atoms with Crippen LogP contribution in [-0.2, 0) is 6.61 Å². The second-order valence-electron chi connectivity index (χ2n) is 2.88. The van der Waals surface area contributed by atoms with Crippen LogP contribution in [0.5, 0.6) is 0 Å². The van der Waals surface area contributed by atoms with Crippen LogP contribution >= 0.6 is 0 Å². The Morgan fingerprint density at radius 2 is 2.00 bits per heavy atom. The lowest BCUT2D eigenvalue weighted by molar-refractivity contribution is 0.282. The smallest absolute Gasteiger partial charge is 0.0788 e. The predicted octanol–water partition coefficient (Wildman–Crippen LogP) is 1.25. The van der Waals surface area contributed by atoms with Crippen LogP contribution in [0.2, 0.25) is 0 Å². The first-order valence-electron chi connectivity index (χ1n) is 4.12. The fraction of sp³-hybridized carbons (Fsp3) is 0.273. The summed E-state index contributed by atoms with van der Waals surface area (Å²) in [5, 5.41) is 8.82. The summed E-state index contributed by atoms with van der Waals surface area (Å²) < 4.78 is 0. The van der Waals surface area contributed by atoms with Gasteiger partial charge in [-0.25, -0.2) is 0 Å². The van der Waals surface area contributed by atoms with Gasteiger partial charge in [0.15, 0.2) is 0 Å². The Kier molecular flexibility index (Phi) is 3.36. The monoisotopic (exact) mass is 175 g/mol. The fourth-order valence-electron chi connectivity index (χ4n) is 1.08. The summed E-state index contributed by atoms with van der Waals surface area (Å²) in [7, 11) is 1.94. The first-order valence-corrected chi connectivity index (χ1v) is 4.12. The molecule has 13 heavy (non-hydrogen) atoms. The minimum absolute atomic E-state index is 0.0825. The molecule has 0 aromatic heterocycles. The lowest BCUT2D eigenvalue weighted by atomic mass is 10.2. The highest BCUT2D eigenvalue weighted by atomic mass is 16.3. The molecule has 0 saturated heterocycles. The zero-order valence-electron chi connectivity index (χ0n) is 7.70. The Morgan fingerprint density at radius 1 is 1.38 bits per heavy atom. The number of anilines is 1. The van der Waals surface area contributed by atoms with Gasteiger partial charge in [-0.15, -0.1) is 6.42 Å². The molecule has 68 valence electrons. The number of terminal acetylenes is 1. The summed E-state index contributed by atoms with van der Waals surface area (Å²) >= 11 is 0. The van der Waals surface area contributed by atoms with E-state index < -0.39 is 0 Å². The van der Waals surface area contributed by atoms with Gasteiger partial charge in [-0.2, -0.15) is 0 Å². The molecule has 0 saturated carbocycles.